The first-order valence-corrected chi connectivity index (χ1v) is 9.77. The highest BCUT2D eigenvalue weighted by atomic mass is 16.2. The summed E-state index contributed by atoms with van der Waals surface area (Å²) in [5, 5.41) is 15.2. The van der Waals surface area contributed by atoms with E-state index in [1.807, 2.05) is 0 Å². The molecule has 1 N–H and O–H groups in total. The molecular formula is C18H27N7O. The fourth-order valence-electron chi connectivity index (χ4n) is 4.21. The van der Waals surface area contributed by atoms with Crippen molar-refractivity contribution in [3.05, 3.63) is 12.4 Å². The maximum atomic E-state index is 12.8. The van der Waals surface area contributed by atoms with Gasteiger partial charge in [-0.25, -0.2) is 4.98 Å². The lowest BCUT2D eigenvalue weighted by atomic mass is 9.82. The lowest BCUT2D eigenvalue weighted by molar-refractivity contribution is -0.133. The van der Waals surface area contributed by atoms with Crippen LogP contribution in [0.25, 0.3) is 5.65 Å². The van der Waals surface area contributed by atoms with Gasteiger partial charge in [0.2, 0.25) is 11.6 Å². The Morgan fingerprint density at radius 2 is 2.04 bits per heavy atom. The molecular weight excluding hydrogens is 330 g/mol. The number of nitrogens with one attached hydrogen (secondary N) is 1. The molecule has 0 aromatic carbocycles. The molecule has 2 aliphatic rings. The molecule has 1 saturated carbocycles. The molecule has 1 saturated heterocycles. The van der Waals surface area contributed by atoms with E-state index in [0.717, 1.165) is 44.7 Å². The minimum Gasteiger partial charge on any atom is -0.364 e. The summed E-state index contributed by atoms with van der Waals surface area (Å²) >= 11 is 0. The molecule has 1 aliphatic heterocycles. The number of tetrazole rings is 1. The summed E-state index contributed by atoms with van der Waals surface area (Å²) in [4.78, 5) is 19.3. The van der Waals surface area contributed by atoms with Crippen molar-refractivity contribution in [2.75, 3.05) is 18.4 Å². The number of aromatic nitrogens is 5. The highest BCUT2D eigenvalue weighted by molar-refractivity contribution is 5.76. The van der Waals surface area contributed by atoms with Gasteiger partial charge in [-0.15, -0.1) is 5.10 Å². The predicted molar refractivity (Wildman–Crippen MR) is 97.5 cm³/mol. The molecule has 2 atom stereocenters. The molecule has 1 aliphatic carbocycles. The predicted octanol–water partition coefficient (Wildman–Crippen LogP) is 2.14. The molecule has 2 aromatic heterocycles. The third-order valence-corrected chi connectivity index (χ3v) is 5.92. The van der Waals surface area contributed by atoms with Gasteiger partial charge in [0.05, 0.1) is 6.20 Å². The van der Waals surface area contributed by atoms with Crippen LogP contribution in [0, 0.1) is 11.8 Å². The average molecular weight is 357 g/mol. The van der Waals surface area contributed by atoms with Crippen LogP contribution in [0.3, 0.4) is 0 Å². The molecule has 140 valence electrons. The monoisotopic (exact) mass is 357 g/mol. The number of amides is 1. The molecule has 8 heteroatoms. The van der Waals surface area contributed by atoms with E-state index in [9.17, 15) is 4.79 Å². The van der Waals surface area contributed by atoms with Crippen LogP contribution in [0.1, 0.15) is 51.9 Å². The zero-order valence-corrected chi connectivity index (χ0v) is 15.3. The quantitative estimate of drug-likeness (QED) is 0.902. The Hall–Kier alpha value is -2.25. The number of fused-ring (bicyclic) bond motifs is 1. The second-order valence-corrected chi connectivity index (χ2v) is 7.79. The van der Waals surface area contributed by atoms with Gasteiger partial charge >= 0.3 is 0 Å². The van der Waals surface area contributed by atoms with Crippen molar-refractivity contribution in [2.45, 2.75) is 57.9 Å². The van der Waals surface area contributed by atoms with Gasteiger partial charge in [-0.1, -0.05) is 19.8 Å². The van der Waals surface area contributed by atoms with E-state index in [4.69, 9.17) is 0 Å². The van der Waals surface area contributed by atoms with Crippen molar-refractivity contribution in [1.29, 1.82) is 0 Å². The van der Waals surface area contributed by atoms with Crippen LogP contribution in [0.2, 0.25) is 0 Å². The molecule has 2 aromatic rings. The van der Waals surface area contributed by atoms with Gasteiger partial charge < -0.3 is 10.2 Å². The minimum atomic E-state index is 0.242. The van der Waals surface area contributed by atoms with Gasteiger partial charge in [-0.2, -0.15) is 4.52 Å². The molecule has 8 nitrogen and oxygen atoms in total. The highest BCUT2D eigenvalue weighted by Crippen LogP contribution is 2.31. The lowest BCUT2D eigenvalue weighted by Gasteiger charge is -2.35. The summed E-state index contributed by atoms with van der Waals surface area (Å²) in [5.74, 6) is 2.10. The van der Waals surface area contributed by atoms with E-state index in [2.05, 4.69) is 37.6 Å². The SMILES string of the molecule is CC1CCN(C(=O)C[C@@H]2CCCC[C@@H]2Nc2nccn3nnnc23)CC1. The number of carbonyl (C=O) groups excluding carboxylic acids is 1. The summed E-state index contributed by atoms with van der Waals surface area (Å²) in [7, 11) is 0. The molecule has 4 rings (SSSR count). The van der Waals surface area contributed by atoms with Crippen molar-refractivity contribution in [3.63, 3.8) is 0 Å². The molecule has 1 amide bonds. The fourth-order valence-corrected chi connectivity index (χ4v) is 4.21. The van der Waals surface area contributed by atoms with Crippen molar-refractivity contribution in [3.8, 4) is 0 Å². The molecule has 2 fully saturated rings. The number of hydrogen-bond acceptors (Lipinski definition) is 6. The van der Waals surface area contributed by atoms with Gasteiger partial charge in [0, 0.05) is 31.7 Å². The summed E-state index contributed by atoms with van der Waals surface area (Å²) in [6, 6.07) is 0.242. The van der Waals surface area contributed by atoms with E-state index >= 15 is 0 Å². The Bertz CT molecular complexity index is 753. The number of rotatable bonds is 4. The van der Waals surface area contributed by atoms with Crippen molar-refractivity contribution in [1.82, 2.24) is 29.9 Å². The second kappa shape index (κ2) is 7.55. The molecule has 3 heterocycles. The van der Waals surface area contributed by atoms with Crippen LogP contribution < -0.4 is 5.32 Å². The van der Waals surface area contributed by atoms with Crippen LogP contribution in [0.4, 0.5) is 5.82 Å². The number of hydrogen-bond donors (Lipinski definition) is 1. The van der Waals surface area contributed by atoms with Crippen LogP contribution >= 0.6 is 0 Å². The van der Waals surface area contributed by atoms with Gasteiger partial charge in [-0.05, 0) is 47.9 Å². The van der Waals surface area contributed by atoms with Crippen LogP contribution in [0.15, 0.2) is 12.4 Å². The maximum Gasteiger partial charge on any atom is 0.222 e. The van der Waals surface area contributed by atoms with E-state index in [0.29, 0.717) is 29.7 Å². The van der Waals surface area contributed by atoms with Gasteiger partial charge in [0.15, 0.2) is 5.82 Å². The smallest absolute Gasteiger partial charge is 0.222 e. The Morgan fingerprint density at radius 1 is 1.23 bits per heavy atom. The molecule has 0 unspecified atom stereocenters. The largest absolute Gasteiger partial charge is 0.364 e. The van der Waals surface area contributed by atoms with Gasteiger partial charge in [-0.3, -0.25) is 4.79 Å². The summed E-state index contributed by atoms with van der Waals surface area (Å²) in [6.45, 7) is 4.10. The number of nitrogens with zero attached hydrogens (tertiary/aromatic N) is 6. The second-order valence-electron chi connectivity index (χ2n) is 7.79. The van der Waals surface area contributed by atoms with E-state index in [-0.39, 0.29) is 6.04 Å². The van der Waals surface area contributed by atoms with Crippen molar-refractivity contribution >= 4 is 17.4 Å². The van der Waals surface area contributed by atoms with Crippen LogP contribution in [0.5, 0.6) is 0 Å². The number of piperidine rings is 1. The van der Waals surface area contributed by atoms with Gasteiger partial charge in [0.25, 0.3) is 0 Å². The van der Waals surface area contributed by atoms with E-state index in [1.54, 1.807) is 16.9 Å². The zero-order chi connectivity index (χ0) is 17.9. The summed E-state index contributed by atoms with van der Waals surface area (Å²) < 4.78 is 1.62. The lowest BCUT2D eigenvalue weighted by Crippen LogP contribution is -2.41. The van der Waals surface area contributed by atoms with E-state index in [1.165, 1.54) is 12.8 Å². The standard InChI is InChI=1S/C18H27N7O/c1-13-6-9-24(10-7-13)16(26)12-14-4-2-3-5-15(14)20-17-18-21-22-23-25(18)11-8-19-17/h8,11,13-15H,2-7,9-10,12H2,1H3,(H,19,20)/t14-,15-/m0/s1. The minimum absolute atomic E-state index is 0.242. The first-order chi connectivity index (χ1) is 12.7. The number of likely N-dealkylation sites (tertiary alicyclic amines) is 1. The van der Waals surface area contributed by atoms with Gasteiger partial charge in [0.1, 0.15) is 0 Å². The van der Waals surface area contributed by atoms with E-state index < -0.39 is 0 Å². The first kappa shape index (κ1) is 17.2. The molecule has 0 spiro atoms. The van der Waals surface area contributed by atoms with Crippen molar-refractivity contribution < 1.29 is 4.79 Å². The third kappa shape index (κ3) is 3.64. The Balaban J connectivity index is 1.43. The topological polar surface area (TPSA) is 88.3 Å². The summed E-state index contributed by atoms with van der Waals surface area (Å²) in [5.41, 5.74) is 0.633. The molecule has 0 bridgehead atoms. The normalized spacial score (nSPS) is 24.7. The average Bonchev–Trinajstić information content (AvgIpc) is 3.14. The number of anilines is 1. The Kier molecular flexibility index (Phi) is 4.99. The maximum absolute atomic E-state index is 12.8. The van der Waals surface area contributed by atoms with Crippen molar-refractivity contribution in [2.24, 2.45) is 11.8 Å². The van der Waals surface area contributed by atoms with Crippen LogP contribution in [-0.2, 0) is 4.79 Å². The Labute approximate surface area is 153 Å². The molecule has 26 heavy (non-hydrogen) atoms. The van der Waals surface area contributed by atoms with Crippen LogP contribution in [-0.4, -0.2) is 55.0 Å². The zero-order valence-electron chi connectivity index (χ0n) is 15.3. The fraction of sp³-hybridized carbons (Fsp3) is 0.722. The highest BCUT2D eigenvalue weighted by Gasteiger charge is 2.30. The first-order valence-electron chi connectivity index (χ1n) is 9.77. The third-order valence-electron chi connectivity index (χ3n) is 5.92. The Morgan fingerprint density at radius 3 is 2.88 bits per heavy atom. The summed E-state index contributed by atoms with van der Waals surface area (Å²) in [6.07, 6.45) is 10.8. The molecule has 0 radical (unpaired) electrons. The number of carbonyl (C=O) groups is 1.